The lowest BCUT2D eigenvalue weighted by Crippen LogP contribution is -2.11. The summed E-state index contributed by atoms with van der Waals surface area (Å²) in [4.78, 5) is 0. The lowest BCUT2D eigenvalue weighted by atomic mass is 10.3. The Balaban J connectivity index is 0.000000360. The van der Waals surface area contributed by atoms with Gasteiger partial charge in [-0.25, -0.2) is 0 Å². The summed E-state index contributed by atoms with van der Waals surface area (Å²) in [6.45, 7) is 0. The van der Waals surface area contributed by atoms with Crippen molar-refractivity contribution in [1.29, 1.82) is 0 Å². The Kier molecular flexibility index (Phi) is 3.05. The van der Waals surface area contributed by atoms with E-state index in [-0.39, 0.29) is 12.4 Å². The van der Waals surface area contributed by atoms with Gasteiger partial charge in [0.25, 0.3) is 0 Å². The standard InChI is InChI=1S/C5H9N.ClH/c6-5-3-1-2-4-5;/h1,3,5H,2,4,6H2;1H/t5-;/m0./s1. The van der Waals surface area contributed by atoms with Crippen LogP contribution in [0.25, 0.3) is 0 Å². The Morgan fingerprint density at radius 2 is 2.29 bits per heavy atom. The van der Waals surface area contributed by atoms with Gasteiger partial charge < -0.3 is 5.73 Å². The first-order chi connectivity index (χ1) is 2.89. The Morgan fingerprint density at radius 3 is 2.43 bits per heavy atom. The largest absolute Gasteiger partial charge is 0.324 e. The number of rotatable bonds is 0. The Morgan fingerprint density at radius 1 is 1.57 bits per heavy atom. The third kappa shape index (κ3) is 1.95. The van der Waals surface area contributed by atoms with E-state index in [2.05, 4.69) is 12.2 Å². The highest BCUT2D eigenvalue weighted by Gasteiger charge is 1.99. The number of nitrogens with two attached hydrogens (primary N) is 1. The Bertz CT molecular complexity index is 70.5. The fraction of sp³-hybridized carbons (Fsp3) is 0.600. The number of hydrogen-bond acceptors (Lipinski definition) is 1. The lowest BCUT2D eigenvalue weighted by molar-refractivity contribution is 0.780. The van der Waals surface area contributed by atoms with Crippen LogP contribution in [0.4, 0.5) is 0 Å². The van der Waals surface area contributed by atoms with Crippen molar-refractivity contribution in [3.05, 3.63) is 12.2 Å². The molecule has 2 N–H and O–H groups in total. The summed E-state index contributed by atoms with van der Waals surface area (Å²) >= 11 is 0. The van der Waals surface area contributed by atoms with Crippen LogP contribution in [0.5, 0.6) is 0 Å². The minimum absolute atomic E-state index is 0. The average molecular weight is 120 g/mol. The molecule has 0 radical (unpaired) electrons. The molecule has 0 amide bonds. The molecule has 0 aliphatic heterocycles. The third-order valence-electron chi connectivity index (χ3n) is 1.05. The van der Waals surface area contributed by atoms with Crippen molar-refractivity contribution < 1.29 is 0 Å². The van der Waals surface area contributed by atoms with Crippen LogP contribution in [-0.2, 0) is 0 Å². The first-order valence-corrected chi connectivity index (χ1v) is 2.32. The first-order valence-electron chi connectivity index (χ1n) is 2.32. The molecule has 0 saturated carbocycles. The van der Waals surface area contributed by atoms with Crippen molar-refractivity contribution in [2.24, 2.45) is 5.73 Å². The van der Waals surface area contributed by atoms with Gasteiger partial charge in [0.05, 0.1) is 0 Å². The number of halogens is 1. The molecule has 1 aliphatic rings. The maximum Gasteiger partial charge on any atom is 0.0226 e. The van der Waals surface area contributed by atoms with Crippen molar-refractivity contribution in [3.63, 3.8) is 0 Å². The summed E-state index contributed by atoms with van der Waals surface area (Å²) in [5.74, 6) is 0. The highest BCUT2D eigenvalue weighted by Crippen LogP contribution is 2.04. The maximum absolute atomic E-state index is 5.45. The zero-order chi connectivity index (χ0) is 4.41. The van der Waals surface area contributed by atoms with Crippen LogP contribution in [0.2, 0.25) is 0 Å². The van der Waals surface area contributed by atoms with E-state index in [1.807, 2.05) is 0 Å². The van der Waals surface area contributed by atoms with Crippen molar-refractivity contribution in [2.75, 3.05) is 0 Å². The van der Waals surface area contributed by atoms with Gasteiger partial charge in [-0.1, -0.05) is 12.2 Å². The molecule has 0 heterocycles. The van der Waals surface area contributed by atoms with Crippen molar-refractivity contribution in [2.45, 2.75) is 18.9 Å². The molecular weight excluding hydrogens is 110 g/mol. The van der Waals surface area contributed by atoms with Gasteiger partial charge >= 0.3 is 0 Å². The van der Waals surface area contributed by atoms with E-state index >= 15 is 0 Å². The zero-order valence-corrected chi connectivity index (χ0v) is 4.95. The molecule has 0 fully saturated rings. The Labute approximate surface area is 50.0 Å². The zero-order valence-electron chi connectivity index (χ0n) is 4.13. The molecular formula is C5H10ClN. The first kappa shape index (κ1) is 6.99. The monoisotopic (exact) mass is 119 g/mol. The van der Waals surface area contributed by atoms with E-state index in [0.717, 1.165) is 6.42 Å². The van der Waals surface area contributed by atoms with Gasteiger partial charge in [0, 0.05) is 6.04 Å². The molecule has 1 atom stereocenters. The second-order valence-corrected chi connectivity index (χ2v) is 1.67. The van der Waals surface area contributed by atoms with Crippen LogP contribution in [-0.4, -0.2) is 6.04 Å². The van der Waals surface area contributed by atoms with Crippen LogP contribution < -0.4 is 5.73 Å². The predicted octanol–water partition coefficient (Wildman–Crippen LogP) is 1.09. The van der Waals surface area contributed by atoms with Crippen LogP contribution in [0, 0.1) is 0 Å². The summed E-state index contributed by atoms with van der Waals surface area (Å²) in [7, 11) is 0. The summed E-state index contributed by atoms with van der Waals surface area (Å²) in [5, 5.41) is 0. The van der Waals surface area contributed by atoms with Gasteiger partial charge in [0.15, 0.2) is 0 Å². The van der Waals surface area contributed by atoms with Crippen LogP contribution in [0.1, 0.15) is 12.8 Å². The van der Waals surface area contributed by atoms with Crippen molar-refractivity contribution >= 4 is 12.4 Å². The second-order valence-electron chi connectivity index (χ2n) is 1.67. The van der Waals surface area contributed by atoms with E-state index in [9.17, 15) is 0 Å². The highest BCUT2D eigenvalue weighted by atomic mass is 35.5. The number of allylic oxidation sites excluding steroid dienone is 1. The topological polar surface area (TPSA) is 26.0 Å². The Hall–Kier alpha value is -0.0100. The molecule has 7 heavy (non-hydrogen) atoms. The van der Waals surface area contributed by atoms with Crippen molar-refractivity contribution in [3.8, 4) is 0 Å². The van der Waals surface area contributed by atoms with Crippen LogP contribution in [0.15, 0.2) is 12.2 Å². The van der Waals surface area contributed by atoms with Gasteiger partial charge in [-0.3, -0.25) is 0 Å². The smallest absolute Gasteiger partial charge is 0.0226 e. The molecule has 0 saturated heterocycles. The van der Waals surface area contributed by atoms with Gasteiger partial charge in [-0.2, -0.15) is 0 Å². The molecule has 0 unspecified atom stereocenters. The minimum Gasteiger partial charge on any atom is -0.324 e. The van der Waals surface area contributed by atoms with E-state index in [0.29, 0.717) is 6.04 Å². The molecule has 0 bridgehead atoms. The van der Waals surface area contributed by atoms with Gasteiger partial charge in [0.2, 0.25) is 0 Å². The normalized spacial score (nSPS) is 27.3. The molecule has 2 heteroatoms. The molecule has 1 nitrogen and oxygen atoms in total. The van der Waals surface area contributed by atoms with E-state index < -0.39 is 0 Å². The van der Waals surface area contributed by atoms with Gasteiger partial charge in [0.1, 0.15) is 0 Å². The molecule has 0 aromatic rings. The van der Waals surface area contributed by atoms with Gasteiger partial charge in [-0.05, 0) is 12.8 Å². The number of hydrogen-bond donors (Lipinski definition) is 1. The molecule has 42 valence electrons. The highest BCUT2D eigenvalue weighted by molar-refractivity contribution is 5.85. The summed E-state index contributed by atoms with van der Waals surface area (Å²) in [6, 6.07) is 0.366. The fourth-order valence-corrected chi connectivity index (χ4v) is 0.656. The predicted molar refractivity (Wildman–Crippen MR) is 33.6 cm³/mol. The van der Waals surface area contributed by atoms with E-state index in [1.54, 1.807) is 0 Å². The lowest BCUT2D eigenvalue weighted by Gasteiger charge is -1.90. The summed E-state index contributed by atoms with van der Waals surface area (Å²) in [5.41, 5.74) is 5.45. The van der Waals surface area contributed by atoms with Crippen LogP contribution >= 0.6 is 12.4 Å². The summed E-state index contributed by atoms with van der Waals surface area (Å²) < 4.78 is 0. The molecule has 0 aromatic carbocycles. The minimum atomic E-state index is 0. The van der Waals surface area contributed by atoms with Crippen LogP contribution in [0.3, 0.4) is 0 Å². The fourth-order valence-electron chi connectivity index (χ4n) is 0.656. The molecule has 0 spiro atoms. The second kappa shape index (κ2) is 3.05. The maximum atomic E-state index is 5.45. The van der Waals surface area contributed by atoms with E-state index in [4.69, 9.17) is 5.73 Å². The quantitative estimate of drug-likeness (QED) is 0.475. The summed E-state index contributed by atoms with van der Waals surface area (Å²) in [6.07, 6.45) is 6.52. The molecule has 1 aliphatic carbocycles. The molecule has 1 rings (SSSR count). The average Bonchev–Trinajstić information content (AvgIpc) is 1.86. The van der Waals surface area contributed by atoms with E-state index in [1.165, 1.54) is 6.42 Å². The SMILES string of the molecule is Cl.N[C@H]1C=CCC1. The molecule has 0 aromatic heterocycles. The van der Waals surface area contributed by atoms with Crippen molar-refractivity contribution in [1.82, 2.24) is 0 Å². The van der Waals surface area contributed by atoms with Gasteiger partial charge in [-0.15, -0.1) is 12.4 Å². The third-order valence-corrected chi connectivity index (χ3v) is 1.05.